The molecule has 1 heterocycles. The maximum atomic E-state index is 12.5. The summed E-state index contributed by atoms with van der Waals surface area (Å²) >= 11 is 1.31. The fraction of sp³-hybridized carbons (Fsp3) is 0.208. The number of para-hydroxylation sites is 1. The molecule has 0 amide bonds. The molecule has 3 aromatic rings. The highest BCUT2D eigenvalue weighted by Crippen LogP contribution is 2.33. The predicted octanol–water partition coefficient (Wildman–Crippen LogP) is 5.08. The first-order chi connectivity index (χ1) is 14.4. The zero-order chi connectivity index (χ0) is 21.7. The first kappa shape index (κ1) is 21.4. The highest BCUT2D eigenvalue weighted by Gasteiger charge is 2.20. The second-order valence-electron chi connectivity index (χ2n) is 7.22. The minimum atomic E-state index is -0.296. The summed E-state index contributed by atoms with van der Waals surface area (Å²) in [5.74, 6) is 0.113. The number of ketones is 1. The molecule has 2 N–H and O–H groups in total. The van der Waals surface area contributed by atoms with Crippen LogP contribution in [0.3, 0.4) is 0 Å². The summed E-state index contributed by atoms with van der Waals surface area (Å²) in [6.07, 6.45) is 1.83. The Morgan fingerprint density at radius 2 is 1.83 bits per heavy atom. The molecule has 0 unspecified atom stereocenters. The third-order valence-electron chi connectivity index (χ3n) is 4.72. The summed E-state index contributed by atoms with van der Waals surface area (Å²) in [5, 5.41) is 9.90. The standard InChI is InChI=1S/C24H24N4OS/c1-16(2)19-11-7-8-12-21(19)28-22(18-9-5-4-6-10-18)14-27-24(28)30-15-23(29)20(13-25)17(3)26/h4-12,14,16H,15,26H2,1-3H3/b20-17+. The monoisotopic (exact) mass is 416 g/mol. The average molecular weight is 417 g/mol. The quantitative estimate of drug-likeness (QED) is 0.330. The second-order valence-corrected chi connectivity index (χ2v) is 8.17. The minimum Gasteiger partial charge on any atom is -0.401 e. The van der Waals surface area contributed by atoms with Crippen LogP contribution < -0.4 is 5.73 Å². The lowest BCUT2D eigenvalue weighted by Crippen LogP contribution is -2.11. The van der Waals surface area contributed by atoms with Gasteiger partial charge in [0.15, 0.2) is 10.9 Å². The van der Waals surface area contributed by atoms with Crippen LogP contribution >= 0.6 is 11.8 Å². The number of Topliss-reactive ketones (excluding diaryl/α,β-unsaturated/α-hetero) is 1. The predicted molar refractivity (Wildman–Crippen MR) is 121 cm³/mol. The van der Waals surface area contributed by atoms with Crippen molar-refractivity contribution in [3.63, 3.8) is 0 Å². The van der Waals surface area contributed by atoms with Crippen molar-refractivity contribution in [1.29, 1.82) is 5.26 Å². The smallest absolute Gasteiger partial charge is 0.185 e. The van der Waals surface area contributed by atoms with Crippen molar-refractivity contribution >= 4 is 17.5 Å². The molecule has 0 radical (unpaired) electrons. The molecule has 0 saturated heterocycles. The topological polar surface area (TPSA) is 84.7 Å². The van der Waals surface area contributed by atoms with Crippen molar-refractivity contribution < 1.29 is 4.79 Å². The number of benzene rings is 2. The van der Waals surface area contributed by atoms with Gasteiger partial charge in [-0.05, 0) is 24.5 Å². The SMILES string of the molecule is C/C(N)=C(/C#N)C(=O)CSc1ncc(-c2ccccc2)n1-c1ccccc1C(C)C. The van der Waals surface area contributed by atoms with Gasteiger partial charge in [0.05, 0.1) is 23.3 Å². The molecular weight excluding hydrogens is 392 g/mol. The summed E-state index contributed by atoms with van der Waals surface area (Å²) in [5.41, 5.74) is 10.1. The highest BCUT2D eigenvalue weighted by atomic mass is 32.2. The van der Waals surface area contributed by atoms with Gasteiger partial charge in [-0.25, -0.2) is 4.98 Å². The first-order valence-corrected chi connectivity index (χ1v) is 10.7. The molecular formula is C24H24N4OS. The van der Waals surface area contributed by atoms with Crippen molar-refractivity contribution in [2.24, 2.45) is 5.73 Å². The number of nitriles is 1. The van der Waals surface area contributed by atoms with Crippen LogP contribution in [0.2, 0.25) is 0 Å². The van der Waals surface area contributed by atoms with Crippen LogP contribution in [0.25, 0.3) is 16.9 Å². The zero-order valence-corrected chi connectivity index (χ0v) is 18.1. The molecule has 6 heteroatoms. The number of thioether (sulfide) groups is 1. The highest BCUT2D eigenvalue weighted by molar-refractivity contribution is 7.99. The number of allylic oxidation sites excluding steroid dienone is 2. The molecule has 0 bridgehead atoms. The van der Waals surface area contributed by atoms with Crippen LogP contribution in [0.5, 0.6) is 0 Å². The lowest BCUT2D eigenvalue weighted by atomic mass is 10.0. The van der Waals surface area contributed by atoms with Crippen molar-refractivity contribution in [3.05, 3.63) is 77.6 Å². The van der Waals surface area contributed by atoms with Gasteiger partial charge in [0.1, 0.15) is 11.6 Å². The number of imidazole rings is 1. The van der Waals surface area contributed by atoms with Gasteiger partial charge < -0.3 is 5.73 Å². The van der Waals surface area contributed by atoms with Crippen molar-refractivity contribution in [1.82, 2.24) is 9.55 Å². The Bertz CT molecular complexity index is 1120. The van der Waals surface area contributed by atoms with E-state index in [0.29, 0.717) is 11.1 Å². The van der Waals surface area contributed by atoms with Gasteiger partial charge in [-0.3, -0.25) is 9.36 Å². The Morgan fingerprint density at radius 1 is 1.17 bits per heavy atom. The summed E-state index contributed by atoms with van der Waals surface area (Å²) in [6.45, 7) is 5.87. The van der Waals surface area contributed by atoms with Crippen LogP contribution in [0, 0.1) is 11.3 Å². The largest absolute Gasteiger partial charge is 0.401 e. The van der Waals surface area contributed by atoms with Gasteiger partial charge in [0, 0.05) is 11.3 Å². The number of nitrogens with two attached hydrogens (primary N) is 1. The molecule has 30 heavy (non-hydrogen) atoms. The Labute approximate surface area is 181 Å². The van der Waals surface area contributed by atoms with Gasteiger partial charge in [-0.15, -0.1) is 0 Å². The molecule has 0 spiro atoms. The second kappa shape index (κ2) is 9.47. The summed E-state index contributed by atoms with van der Waals surface area (Å²) < 4.78 is 2.09. The number of aromatic nitrogens is 2. The van der Waals surface area contributed by atoms with E-state index in [1.54, 1.807) is 6.92 Å². The van der Waals surface area contributed by atoms with Gasteiger partial charge in [0.2, 0.25) is 0 Å². The molecule has 0 aliphatic carbocycles. The van der Waals surface area contributed by atoms with Gasteiger partial charge >= 0.3 is 0 Å². The number of nitrogens with zero attached hydrogens (tertiary/aromatic N) is 3. The van der Waals surface area contributed by atoms with Crippen LogP contribution in [-0.4, -0.2) is 21.1 Å². The fourth-order valence-corrected chi connectivity index (χ4v) is 4.09. The third-order valence-corrected chi connectivity index (χ3v) is 5.67. The molecule has 0 atom stereocenters. The van der Waals surface area contributed by atoms with E-state index in [4.69, 9.17) is 5.73 Å². The molecule has 0 saturated carbocycles. The number of hydrogen-bond donors (Lipinski definition) is 1. The van der Waals surface area contributed by atoms with Crippen LogP contribution in [0.1, 0.15) is 32.3 Å². The van der Waals surface area contributed by atoms with E-state index in [2.05, 4.69) is 35.5 Å². The van der Waals surface area contributed by atoms with Crippen molar-refractivity contribution in [3.8, 4) is 23.0 Å². The van der Waals surface area contributed by atoms with E-state index in [9.17, 15) is 10.1 Å². The molecule has 3 rings (SSSR count). The Hall–Kier alpha value is -3.30. The minimum absolute atomic E-state index is 0.00599. The number of hydrogen-bond acceptors (Lipinski definition) is 5. The molecule has 1 aromatic heterocycles. The lowest BCUT2D eigenvalue weighted by molar-refractivity contribution is -0.112. The summed E-state index contributed by atoms with van der Waals surface area (Å²) in [4.78, 5) is 17.1. The number of carbonyl (C=O) groups is 1. The molecule has 0 fully saturated rings. The maximum Gasteiger partial charge on any atom is 0.185 e. The third kappa shape index (κ3) is 4.47. The normalized spacial score (nSPS) is 11.8. The molecule has 5 nitrogen and oxygen atoms in total. The molecule has 2 aromatic carbocycles. The van der Waals surface area contributed by atoms with Gasteiger partial charge in [-0.2, -0.15) is 5.26 Å². The van der Waals surface area contributed by atoms with E-state index in [0.717, 1.165) is 16.9 Å². The zero-order valence-electron chi connectivity index (χ0n) is 17.3. The Balaban J connectivity index is 2.08. The summed E-state index contributed by atoms with van der Waals surface area (Å²) in [7, 11) is 0. The van der Waals surface area contributed by atoms with Gasteiger partial charge in [-0.1, -0.05) is 74.1 Å². The molecule has 0 aliphatic rings. The van der Waals surface area contributed by atoms with Crippen molar-refractivity contribution in [2.45, 2.75) is 31.8 Å². The first-order valence-electron chi connectivity index (χ1n) is 9.69. The van der Waals surface area contributed by atoms with Crippen molar-refractivity contribution in [2.75, 3.05) is 5.75 Å². The van der Waals surface area contributed by atoms with E-state index >= 15 is 0 Å². The Kier molecular flexibility index (Phi) is 6.76. The van der Waals surface area contributed by atoms with Crippen LogP contribution in [-0.2, 0) is 4.79 Å². The number of rotatable bonds is 7. The van der Waals surface area contributed by atoms with Crippen LogP contribution in [0.15, 0.2) is 77.2 Å². The molecule has 152 valence electrons. The fourth-order valence-electron chi connectivity index (χ4n) is 3.23. The molecule has 0 aliphatic heterocycles. The van der Waals surface area contributed by atoms with Crippen LogP contribution in [0.4, 0.5) is 0 Å². The van der Waals surface area contributed by atoms with E-state index in [1.807, 2.05) is 54.7 Å². The maximum absolute atomic E-state index is 12.5. The summed E-state index contributed by atoms with van der Waals surface area (Å²) in [6, 6.07) is 20.2. The van der Waals surface area contributed by atoms with E-state index in [-0.39, 0.29) is 22.8 Å². The Morgan fingerprint density at radius 3 is 2.47 bits per heavy atom. The van der Waals surface area contributed by atoms with E-state index < -0.39 is 0 Å². The van der Waals surface area contributed by atoms with Gasteiger partial charge in [0.25, 0.3) is 0 Å². The van der Waals surface area contributed by atoms with E-state index in [1.165, 1.54) is 17.3 Å². The average Bonchev–Trinajstić information content (AvgIpc) is 3.17. The number of carbonyl (C=O) groups excluding carboxylic acids is 1. The lowest BCUT2D eigenvalue weighted by Gasteiger charge is -2.18.